The van der Waals surface area contributed by atoms with Gasteiger partial charge < -0.3 is 14.7 Å². The summed E-state index contributed by atoms with van der Waals surface area (Å²) in [4.78, 5) is 13.6. The molecule has 0 aliphatic carbocycles. The van der Waals surface area contributed by atoms with Crippen LogP contribution < -0.4 is 0 Å². The van der Waals surface area contributed by atoms with E-state index in [4.69, 9.17) is 4.74 Å². The summed E-state index contributed by atoms with van der Waals surface area (Å²) in [6.45, 7) is 7.99. The lowest BCUT2D eigenvalue weighted by Crippen LogP contribution is -2.47. The van der Waals surface area contributed by atoms with Gasteiger partial charge in [0.25, 0.3) is 0 Å². The van der Waals surface area contributed by atoms with Crippen LogP contribution in [0, 0.1) is 12.7 Å². The molecule has 1 aromatic rings. The molecule has 1 aliphatic rings. The highest BCUT2D eigenvalue weighted by atomic mass is 19.1. The molecule has 0 atom stereocenters. The average molecular weight is 309 g/mol. The maximum atomic E-state index is 14.0. The molecule has 2 rings (SSSR count). The van der Waals surface area contributed by atoms with E-state index < -0.39 is 17.0 Å². The minimum atomic E-state index is -1.23. The minimum Gasteiger partial charge on any atom is -0.444 e. The zero-order valence-electron chi connectivity index (χ0n) is 13.6. The maximum Gasteiger partial charge on any atom is 0.410 e. The van der Waals surface area contributed by atoms with Gasteiger partial charge in [0.2, 0.25) is 0 Å². The van der Waals surface area contributed by atoms with E-state index in [1.165, 1.54) is 6.07 Å². The van der Waals surface area contributed by atoms with Crippen LogP contribution in [-0.2, 0) is 10.3 Å². The Hall–Kier alpha value is -1.62. The van der Waals surface area contributed by atoms with Crippen LogP contribution in [0.3, 0.4) is 0 Å². The van der Waals surface area contributed by atoms with Gasteiger partial charge in [-0.25, -0.2) is 9.18 Å². The Balaban J connectivity index is 2.07. The second kappa shape index (κ2) is 5.88. The first-order valence-corrected chi connectivity index (χ1v) is 7.58. The molecule has 22 heavy (non-hydrogen) atoms. The van der Waals surface area contributed by atoms with Gasteiger partial charge in [0.05, 0.1) is 5.60 Å². The molecule has 5 heteroatoms. The van der Waals surface area contributed by atoms with Crippen molar-refractivity contribution < 1.29 is 19.0 Å². The predicted molar refractivity (Wildman–Crippen MR) is 82.1 cm³/mol. The van der Waals surface area contributed by atoms with Crippen LogP contribution in [0.5, 0.6) is 0 Å². The number of carbonyl (C=O) groups is 1. The molecule has 1 saturated heterocycles. The van der Waals surface area contributed by atoms with Crippen molar-refractivity contribution in [2.24, 2.45) is 0 Å². The number of aryl methyl sites for hydroxylation is 1. The first-order valence-electron chi connectivity index (χ1n) is 7.58. The van der Waals surface area contributed by atoms with E-state index in [-0.39, 0.29) is 6.09 Å². The summed E-state index contributed by atoms with van der Waals surface area (Å²) >= 11 is 0. The number of aliphatic hydroxyl groups is 1. The maximum absolute atomic E-state index is 14.0. The molecule has 1 fully saturated rings. The van der Waals surface area contributed by atoms with Crippen LogP contribution in [0.2, 0.25) is 0 Å². The second-order valence-corrected chi connectivity index (χ2v) is 6.98. The van der Waals surface area contributed by atoms with Crippen molar-refractivity contribution in [2.75, 3.05) is 13.1 Å². The molecule has 0 unspecified atom stereocenters. The summed E-state index contributed by atoms with van der Waals surface area (Å²) in [6.07, 6.45) is 0.207. The van der Waals surface area contributed by atoms with Crippen LogP contribution in [-0.4, -0.2) is 34.8 Å². The number of nitrogens with zero attached hydrogens (tertiary/aromatic N) is 1. The third-order valence-corrected chi connectivity index (χ3v) is 3.87. The lowest BCUT2D eigenvalue weighted by molar-refractivity contribution is -0.0374. The van der Waals surface area contributed by atoms with E-state index in [1.807, 2.05) is 27.7 Å². The molecule has 1 amide bonds. The number of carbonyl (C=O) groups excluding carboxylic acids is 1. The average Bonchev–Trinajstić information content (AvgIpc) is 2.40. The van der Waals surface area contributed by atoms with Gasteiger partial charge in [-0.1, -0.05) is 17.7 Å². The molecule has 0 bridgehead atoms. The summed E-state index contributed by atoms with van der Waals surface area (Å²) in [5.74, 6) is -0.404. The van der Waals surface area contributed by atoms with Crippen LogP contribution in [0.25, 0.3) is 0 Å². The van der Waals surface area contributed by atoms with Crippen molar-refractivity contribution in [1.82, 2.24) is 4.90 Å². The van der Waals surface area contributed by atoms with Crippen LogP contribution in [0.15, 0.2) is 18.2 Å². The summed E-state index contributed by atoms with van der Waals surface area (Å²) in [5.41, 5.74) is -0.557. The fraction of sp³-hybridized carbons (Fsp3) is 0.588. The number of halogens is 1. The molecule has 4 nitrogen and oxygen atoms in total. The van der Waals surface area contributed by atoms with E-state index >= 15 is 0 Å². The number of rotatable bonds is 1. The summed E-state index contributed by atoms with van der Waals surface area (Å²) in [6, 6.07) is 4.74. The Morgan fingerprint density at radius 2 is 1.91 bits per heavy atom. The SMILES string of the molecule is Cc1ccc(F)c(C2(O)CCN(C(=O)OC(C)(C)C)CC2)c1. The van der Waals surface area contributed by atoms with Gasteiger partial charge in [-0.3, -0.25) is 0 Å². The van der Waals surface area contributed by atoms with E-state index in [0.717, 1.165) is 5.56 Å². The lowest BCUT2D eigenvalue weighted by atomic mass is 9.83. The zero-order valence-corrected chi connectivity index (χ0v) is 13.6. The molecule has 1 aliphatic heterocycles. The molecule has 1 N–H and O–H groups in total. The summed E-state index contributed by atoms with van der Waals surface area (Å²) in [7, 11) is 0. The third kappa shape index (κ3) is 3.77. The smallest absolute Gasteiger partial charge is 0.410 e. The number of amides is 1. The Bertz CT molecular complexity index is 558. The number of hydrogen-bond acceptors (Lipinski definition) is 3. The normalized spacial score (nSPS) is 18.2. The molecule has 0 spiro atoms. The first kappa shape index (κ1) is 16.7. The standard InChI is InChI=1S/C17H24FNO3/c1-12-5-6-14(18)13(11-12)17(21)7-9-19(10-8-17)15(20)22-16(2,3)4/h5-6,11,21H,7-10H2,1-4H3. The highest BCUT2D eigenvalue weighted by Gasteiger charge is 2.38. The number of ether oxygens (including phenoxy) is 1. The highest BCUT2D eigenvalue weighted by molar-refractivity contribution is 5.68. The van der Waals surface area contributed by atoms with Crippen molar-refractivity contribution in [3.8, 4) is 0 Å². The molecule has 122 valence electrons. The van der Waals surface area contributed by atoms with Crippen LogP contribution in [0.4, 0.5) is 9.18 Å². The molecular formula is C17H24FNO3. The van der Waals surface area contributed by atoms with Crippen LogP contribution in [0.1, 0.15) is 44.7 Å². The van der Waals surface area contributed by atoms with Gasteiger partial charge in [-0.2, -0.15) is 0 Å². The monoisotopic (exact) mass is 309 g/mol. The largest absolute Gasteiger partial charge is 0.444 e. The van der Waals surface area contributed by atoms with Crippen molar-refractivity contribution in [2.45, 2.75) is 51.7 Å². The second-order valence-electron chi connectivity index (χ2n) is 6.98. The van der Waals surface area contributed by atoms with E-state index in [1.54, 1.807) is 17.0 Å². The molecule has 0 saturated carbocycles. The summed E-state index contributed by atoms with van der Waals surface area (Å²) in [5, 5.41) is 10.8. The van der Waals surface area contributed by atoms with Gasteiger partial charge in [0.1, 0.15) is 11.4 Å². The van der Waals surface area contributed by atoms with Crippen molar-refractivity contribution >= 4 is 6.09 Å². The Morgan fingerprint density at radius 1 is 1.32 bits per heavy atom. The minimum absolute atomic E-state index is 0.298. The zero-order chi connectivity index (χ0) is 16.5. The van der Waals surface area contributed by atoms with Crippen molar-refractivity contribution in [1.29, 1.82) is 0 Å². The number of piperidine rings is 1. The van der Waals surface area contributed by atoms with E-state index in [2.05, 4.69) is 0 Å². The Morgan fingerprint density at radius 3 is 2.45 bits per heavy atom. The quantitative estimate of drug-likeness (QED) is 0.865. The molecule has 1 aromatic carbocycles. The highest BCUT2D eigenvalue weighted by Crippen LogP contribution is 2.35. The fourth-order valence-corrected chi connectivity index (χ4v) is 2.65. The third-order valence-electron chi connectivity index (χ3n) is 3.87. The molecule has 0 aromatic heterocycles. The Kier molecular flexibility index (Phi) is 4.47. The molecule has 1 heterocycles. The number of hydrogen-bond donors (Lipinski definition) is 1. The number of likely N-dealkylation sites (tertiary alicyclic amines) is 1. The molecule has 0 radical (unpaired) electrons. The fourth-order valence-electron chi connectivity index (χ4n) is 2.65. The Labute approximate surface area is 130 Å². The lowest BCUT2D eigenvalue weighted by Gasteiger charge is -2.39. The topological polar surface area (TPSA) is 49.8 Å². The van der Waals surface area contributed by atoms with Crippen molar-refractivity contribution in [3.63, 3.8) is 0 Å². The summed E-state index contributed by atoms with van der Waals surface area (Å²) < 4.78 is 19.3. The van der Waals surface area contributed by atoms with Gasteiger partial charge in [-0.05, 0) is 46.6 Å². The predicted octanol–water partition coefficient (Wildman–Crippen LogP) is 3.35. The van der Waals surface area contributed by atoms with E-state index in [0.29, 0.717) is 31.5 Å². The van der Waals surface area contributed by atoms with Gasteiger partial charge >= 0.3 is 6.09 Å². The van der Waals surface area contributed by atoms with Gasteiger partial charge in [0, 0.05) is 18.7 Å². The van der Waals surface area contributed by atoms with Crippen molar-refractivity contribution in [3.05, 3.63) is 35.1 Å². The molecular weight excluding hydrogens is 285 g/mol. The van der Waals surface area contributed by atoms with Crippen LogP contribution >= 0.6 is 0 Å². The van der Waals surface area contributed by atoms with Gasteiger partial charge in [0.15, 0.2) is 0 Å². The van der Waals surface area contributed by atoms with Gasteiger partial charge in [-0.15, -0.1) is 0 Å². The first-order chi connectivity index (χ1) is 10.1. The van der Waals surface area contributed by atoms with E-state index in [9.17, 15) is 14.3 Å². The number of benzene rings is 1.